The van der Waals surface area contributed by atoms with E-state index in [0.29, 0.717) is 55.8 Å². The van der Waals surface area contributed by atoms with Crippen molar-refractivity contribution >= 4 is 23.7 Å². The van der Waals surface area contributed by atoms with Crippen molar-refractivity contribution in [3.63, 3.8) is 0 Å². The first-order valence-electron chi connectivity index (χ1n) is 21.9. The number of aliphatic carboxylic acids is 1. The number of anilines is 1. The molecule has 2 N–H and O–H groups in total. The highest BCUT2D eigenvalue weighted by Crippen LogP contribution is 2.78. The zero-order valence-electron chi connectivity index (χ0n) is 35.8. The molecule has 1 aromatic rings. The third kappa shape index (κ3) is 6.81. The Kier molecular flexibility index (Phi) is 10.8. The summed E-state index contributed by atoms with van der Waals surface area (Å²) in [5, 5.41) is 12.9. The van der Waals surface area contributed by atoms with E-state index in [2.05, 4.69) is 58.3 Å². The Morgan fingerprint density at radius 2 is 1.68 bits per heavy atom. The predicted molar refractivity (Wildman–Crippen MR) is 219 cm³/mol. The number of hydrogen-bond donors (Lipinski definition) is 2. The van der Waals surface area contributed by atoms with Gasteiger partial charge in [0.1, 0.15) is 11.9 Å². The lowest BCUT2D eigenvalue weighted by atomic mass is 9.32. The van der Waals surface area contributed by atoms with Gasteiger partial charge in [-0.25, -0.2) is 4.98 Å². The molecule has 6 fully saturated rings. The first-order valence-corrected chi connectivity index (χ1v) is 21.9. The Morgan fingerprint density at radius 3 is 2.38 bits per heavy atom. The Hall–Kier alpha value is -2.94. The van der Waals surface area contributed by atoms with Crippen LogP contribution in [0.25, 0.3) is 0 Å². The molecule has 0 spiro atoms. The number of aromatic nitrogens is 1. The average molecular weight is 774 g/mol. The number of carbonyl (C=O) groups excluding carboxylic acids is 2. The zero-order chi connectivity index (χ0) is 40.5. The summed E-state index contributed by atoms with van der Waals surface area (Å²) in [6.07, 6.45) is 11.2. The fourth-order valence-electron chi connectivity index (χ4n) is 14.5. The third-order valence-corrected chi connectivity index (χ3v) is 17.7. The number of morpholine rings is 1. The van der Waals surface area contributed by atoms with E-state index >= 15 is 0 Å². The molecule has 1 saturated heterocycles. The molecule has 5 saturated carbocycles. The van der Waals surface area contributed by atoms with E-state index in [9.17, 15) is 19.5 Å². The van der Waals surface area contributed by atoms with Crippen LogP contribution in [0.1, 0.15) is 138 Å². The van der Waals surface area contributed by atoms with Crippen LogP contribution >= 0.6 is 0 Å². The Labute approximate surface area is 336 Å². The van der Waals surface area contributed by atoms with Gasteiger partial charge in [0.2, 0.25) is 5.91 Å². The number of amides is 1. The van der Waals surface area contributed by atoms with Crippen molar-refractivity contribution in [3.8, 4) is 0 Å². The summed E-state index contributed by atoms with van der Waals surface area (Å²) in [7, 11) is 0. The maximum absolute atomic E-state index is 14.0. The second-order valence-corrected chi connectivity index (χ2v) is 21.3. The van der Waals surface area contributed by atoms with Gasteiger partial charge in [0, 0.05) is 24.9 Å². The van der Waals surface area contributed by atoms with Crippen molar-refractivity contribution in [2.75, 3.05) is 31.2 Å². The van der Waals surface area contributed by atoms with E-state index in [1.54, 1.807) is 13.8 Å². The summed E-state index contributed by atoms with van der Waals surface area (Å²) < 4.78 is 11.7. The maximum Gasteiger partial charge on any atom is 0.309 e. The minimum absolute atomic E-state index is 0.00954. The molecule has 0 bridgehead atoms. The van der Waals surface area contributed by atoms with Crippen LogP contribution in [0.15, 0.2) is 30.4 Å². The van der Waals surface area contributed by atoms with Crippen LogP contribution in [0.5, 0.6) is 0 Å². The Balaban J connectivity index is 1.07. The summed E-state index contributed by atoms with van der Waals surface area (Å²) in [6, 6.07) is 6.11. The number of allylic oxidation sites excluding steroid dienone is 1. The number of carboxylic acid groups (broad SMARTS) is 1. The zero-order valence-corrected chi connectivity index (χ0v) is 35.8. The highest BCUT2D eigenvalue weighted by Gasteiger charge is 2.71. The number of esters is 1. The summed E-state index contributed by atoms with van der Waals surface area (Å²) in [5.41, 5.74) is 1.26. The second kappa shape index (κ2) is 14.7. The van der Waals surface area contributed by atoms with Crippen LogP contribution in [0.2, 0.25) is 0 Å². The Bertz CT molecular complexity index is 1700. The molecule has 2 heterocycles. The molecular weight excluding hydrogens is 703 g/mol. The van der Waals surface area contributed by atoms with Gasteiger partial charge in [0.25, 0.3) is 0 Å². The number of carboxylic acids is 1. The van der Waals surface area contributed by atoms with Crippen molar-refractivity contribution in [2.24, 2.45) is 62.1 Å². The molecule has 6 aliphatic rings. The number of hydrogen-bond acceptors (Lipinski definition) is 7. The molecule has 9 heteroatoms. The van der Waals surface area contributed by atoms with Crippen molar-refractivity contribution in [2.45, 2.75) is 145 Å². The molecule has 9 nitrogen and oxygen atoms in total. The van der Waals surface area contributed by atoms with Gasteiger partial charge >= 0.3 is 11.9 Å². The van der Waals surface area contributed by atoms with Crippen molar-refractivity contribution in [1.82, 2.24) is 10.3 Å². The van der Waals surface area contributed by atoms with Gasteiger partial charge in [-0.1, -0.05) is 52.8 Å². The number of rotatable bonds is 10. The molecule has 56 heavy (non-hydrogen) atoms. The van der Waals surface area contributed by atoms with Crippen molar-refractivity contribution < 1.29 is 29.0 Å². The molecule has 1 aliphatic heterocycles. The third-order valence-electron chi connectivity index (χ3n) is 17.7. The van der Waals surface area contributed by atoms with Gasteiger partial charge in [0.05, 0.1) is 37.3 Å². The van der Waals surface area contributed by atoms with E-state index in [4.69, 9.17) is 14.5 Å². The van der Waals surface area contributed by atoms with Crippen LogP contribution in [0, 0.1) is 62.1 Å². The number of fused-ring (bicyclic) bond motifs is 7. The minimum Gasteiger partial charge on any atom is -0.481 e. The first-order chi connectivity index (χ1) is 26.3. The van der Waals surface area contributed by atoms with Gasteiger partial charge in [-0.3, -0.25) is 14.4 Å². The number of carbonyl (C=O) groups is 3. The number of ether oxygens (including phenoxy) is 2. The van der Waals surface area contributed by atoms with Crippen LogP contribution in [-0.4, -0.2) is 60.3 Å². The van der Waals surface area contributed by atoms with E-state index in [1.807, 2.05) is 18.2 Å². The SMILES string of the molecule is C=C(C)[C@@H]1CC[C@]2(CC(=O)NCc3cccc(N4CCOCC4)n3)CC[C@]3(C)[C@H](CC[C@@H]4[C@@]5(C)CC[C@H](OC(=O)CC(C)(C)C(=O)O)C(C)(C)[C@@H]5CC[C@]43C)[C@@H]12. The minimum atomic E-state index is -1.15. The average Bonchev–Trinajstić information content (AvgIpc) is 3.52. The van der Waals surface area contributed by atoms with E-state index < -0.39 is 17.4 Å². The summed E-state index contributed by atoms with van der Waals surface area (Å²) >= 11 is 0. The normalized spacial score (nSPS) is 39.0. The molecule has 1 aromatic heterocycles. The Morgan fingerprint density at radius 1 is 0.946 bits per heavy atom. The second-order valence-electron chi connectivity index (χ2n) is 21.3. The van der Waals surface area contributed by atoms with Crippen LogP contribution in [0.4, 0.5) is 5.82 Å². The van der Waals surface area contributed by atoms with Gasteiger partial charge < -0.3 is 24.8 Å². The van der Waals surface area contributed by atoms with E-state index in [-0.39, 0.29) is 45.5 Å². The summed E-state index contributed by atoms with van der Waals surface area (Å²) in [5.74, 6) is 2.16. The lowest BCUT2D eigenvalue weighted by molar-refractivity contribution is -0.250. The standard InChI is InChI=1S/C47H71N3O6/c1-30(2)32-15-20-47(27-38(51)48-29-31-11-10-12-37(49-31)50-23-25-55-26-24-50)22-21-45(8)33(40(32)47)13-14-35-44(7)18-17-36(56-39(52)28-42(3,4)41(53)54)43(5,6)34(44)16-19-46(35,45)9/h10-12,32-36,40H,1,13-29H2,2-9H3,(H,48,51)(H,53,54)/t32-,33+,34-,35+,36-,40+,44-,45+,46+,47+/m0/s1. The van der Waals surface area contributed by atoms with Crippen molar-refractivity contribution in [3.05, 3.63) is 36.0 Å². The van der Waals surface area contributed by atoms with E-state index in [1.165, 1.54) is 18.4 Å². The molecule has 7 rings (SSSR count). The number of nitrogens with one attached hydrogen (secondary N) is 1. The topological polar surface area (TPSA) is 118 Å². The molecule has 0 aromatic carbocycles. The molecular formula is C47H71N3O6. The first kappa shape index (κ1) is 41.2. The number of pyridine rings is 1. The predicted octanol–water partition coefficient (Wildman–Crippen LogP) is 8.99. The quantitative estimate of drug-likeness (QED) is 0.179. The van der Waals surface area contributed by atoms with Gasteiger partial charge in [-0.05, 0) is 148 Å². The lowest BCUT2D eigenvalue weighted by Crippen LogP contribution is -2.67. The fraction of sp³-hybridized carbons (Fsp3) is 0.787. The lowest BCUT2D eigenvalue weighted by Gasteiger charge is -2.73. The van der Waals surface area contributed by atoms with Crippen LogP contribution < -0.4 is 10.2 Å². The molecule has 310 valence electrons. The smallest absolute Gasteiger partial charge is 0.309 e. The monoisotopic (exact) mass is 774 g/mol. The largest absolute Gasteiger partial charge is 0.481 e. The molecule has 5 aliphatic carbocycles. The highest BCUT2D eigenvalue weighted by molar-refractivity contribution is 5.81. The van der Waals surface area contributed by atoms with Crippen molar-refractivity contribution in [1.29, 1.82) is 0 Å². The van der Waals surface area contributed by atoms with E-state index in [0.717, 1.165) is 76.0 Å². The highest BCUT2D eigenvalue weighted by atomic mass is 16.5. The molecule has 0 unspecified atom stereocenters. The van der Waals surface area contributed by atoms with Gasteiger partial charge in [-0.15, -0.1) is 0 Å². The number of nitrogens with zero attached hydrogens (tertiary/aromatic N) is 2. The molecule has 0 radical (unpaired) electrons. The molecule has 1 amide bonds. The summed E-state index contributed by atoms with van der Waals surface area (Å²) in [6.45, 7) is 26.0. The van der Waals surface area contributed by atoms with Gasteiger partial charge in [-0.2, -0.15) is 0 Å². The van der Waals surface area contributed by atoms with Gasteiger partial charge in [0.15, 0.2) is 0 Å². The van der Waals surface area contributed by atoms with Crippen LogP contribution in [0.3, 0.4) is 0 Å². The maximum atomic E-state index is 14.0. The van der Waals surface area contributed by atoms with Crippen LogP contribution in [-0.2, 0) is 30.4 Å². The summed E-state index contributed by atoms with van der Waals surface area (Å²) in [4.78, 5) is 46.1. The molecule has 10 atom stereocenters. The fourth-order valence-corrected chi connectivity index (χ4v) is 14.5.